The number of carbonyl (C=O) groups excluding carboxylic acids is 3. The summed E-state index contributed by atoms with van der Waals surface area (Å²) in [5, 5.41) is 0. The highest BCUT2D eigenvalue weighted by Crippen LogP contribution is 2.11. The minimum absolute atomic E-state index is 0.0703. The summed E-state index contributed by atoms with van der Waals surface area (Å²) in [6, 6.07) is 0. The quantitative estimate of drug-likeness (QED) is 0.0263. The van der Waals surface area contributed by atoms with Crippen LogP contribution in [-0.2, 0) is 28.6 Å². The molecular formula is C57H88O6. The molecule has 0 rings (SSSR count). The van der Waals surface area contributed by atoms with Crippen LogP contribution in [0.4, 0.5) is 0 Å². The van der Waals surface area contributed by atoms with Crippen LogP contribution in [0, 0.1) is 0 Å². The van der Waals surface area contributed by atoms with Crippen LogP contribution in [0.5, 0.6) is 0 Å². The third kappa shape index (κ3) is 48.4. The van der Waals surface area contributed by atoms with E-state index in [0.29, 0.717) is 19.3 Å². The minimum Gasteiger partial charge on any atom is -0.462 e. The van der Waals surface area contributed by atoms with Gasteiger partial charge in [-0.2, -0.15) is 0 Å². The average Bonchev–Trinajstić information content (AvgIpc) is 3.28. The summed E-state index contributed by atoms with van der Waals surface area (Å²) in [6.07, 6.45) is 70.5. The van der Waals surface area contributed by atoms with E-state index in [2.05, 4.69) is 130 Å². The first-order chi connectivity index (χ1) is 31.0. The van der Waals surface area contributed by atoms with E-state index in [9.17, 15) is 14.4 Å². The standard InChI is InChI=1S/C57H88O6/c1-4-7-10-13-16-19-22-25-28-31-34-37-40-43-46-49-55(58)61-52-54(63-57(60)51-48-45-42-39-36-33-30-27-24-21-18-15-12-9-6-3)53-62-56(59)50-47-44-41-38-35-32-29-26-23-20-17-14-11-8-5-2/h7,9-10,12,16,18-19,21,25-30,34,36-37,39,43,45-46,48,54H,4-6,8,11,13-15,17,20,22-24,31-33,35,38,40-42,44,47,49-53H2,1-3H3/b10-7-,12-9-,19-16-,21-18-,28-25-,29-26-,30-27-,37-34-,39-36-,46-43-,48-45-. The van der Waals surface area contributed by atoms with Gasteiger partial charge >= 0.3 is 17.9 Å². The smallest absolute Gasteiger partial charge is 0.310 e. The zero-order valence-electron chi connectivity index (χ0n) is 40.0. The summed E-state index contributed by atoms with van der Waals surface area (Å²) in [5.41, 5.74) is 0. The molecule has 0 aromatic rings. The van der Waals surface area contributed by atoms with Gasteiger partial charge in [0.2, 0.25) is 0 Å². The van der Waals surface area contributed by atoms with Crippen LogP contribution in [0.15, 0.2) is 134 Å². The Kier molecular flexibility index (Phi) is 46.7. The molecule has 0 aromatic heterocycles. The first kappa shape index (κ1) is 58.6. The maximum absolute atomic E-state index is 12.7. The Bertz CT molecular complexity index is 1420. The van der Waals surface area contributed by atoms with E-state index in [1.807, 2.05) is 12.2 Å². The number of ether oxygens (including phenoxy) is 3. The second kappa shape index (κ2) is 50.2. The fourth-order valence-corrected chi connectivity index (χ4v) is 6.05. The van der Waals surface area contributed by atoms with Gasteiger partial charge in [-0.25, -0.2) is 0 Å². The molecule has 0 N–H and O–H groups in total. The Morgan fingerprint density at radius 2 is 0.683 bits per heavy atom. The van der Waals surface area contributed by atoms with Crippen LogP contribution >= 0.6 is 0 Å². The lowest BCUT2D eigenvalue weighted by molar-refractivity contribution is -0.166. The van der Waals surface area contributed by atoms with Gasteiger partial charge in [-0.1, -0.05) is 206 Å². The van der Waals surface area contributed by atoms with Crippen molar-refractivity contribution in [2.75, 3.05) is 13.2 Å². The molecule has 6 heteroatoms. The van der Waals surface area contributed by atoms with E-state index in [1.54, 1.807) is 12.2 Å². The van der Waals surface area contributed by atoms with E-state index in [-0.39, 0.29) is 32.0 Å². The van der Waals surface area contributed by atoms with Gasteiger partial charge in [-0.05, 0) is 96.3 Å². The number of rotatable bonds is 42. The van der Waals surface area contributed by atoms with Crippen LogP contribution in [0.25, 0.3) is 0 Å². The SMILES string of the molecule is CC/C=C\C/C=C\C/C=C\C/C=C\C/C=C\CC(=O)OCC(COC(=O)CCCCCCC/C=C\CCCCCCCC)OC(=O)C/C=C\C/C=C\C/C=C\C/C=C\C/C=C\CC. The summed E-state index contributed by atoms with van der Waals surface area (Å²) in [7, 11) is 0. The topological polar surface area (TPSA) is 78.9 Å². The molecule has 0 spiro atoms. The molecule has 0 saturated heterocycles. The first-order valence-electron chi connectivity index (χ1n) is 24.7. The van der Waals surface area contributed by atoms with Gasteiger partial charge in [0, 0.05) is 6.42 Å². The average molecular weight is 869 g/mol. The fraction of sp³-hybridized carbons (Fsp3) is 0.561. The van der Waals surface area contributed by atoms with Crippen LogP contribution < -0.4 is 0 Å². The third-order valence-corrected chi connectivity index (χ3v) is 9.69. The van der Waals surface area contributed by atoms with E-state index < -0.39 is 18.0 Å². The number of hydrogen-bond acceptors (Lipinski definition) is 6. The normalized spacial score (nSPS) is 13.3. The van der Waals surface area contributed by atoms with Gasteiger partial charge in [0.25, 0.3) is 0 Å². The van der Waals surface area contributed by atoms with Gasteiger partial charge in [0.1, 0.15) is 13.2 Å². The number of unbranched alkanes of at least 4 members (excludes halogenated alkanes) is 11. The van der Waals surface area contributed by atoms with Crippen molar-refractivity contribution in [2.45, 2.75) is 194 Å². The molecule has 63 heavy (non-hydrogen) atoms. The lowest BCUT2D eigenvalue weighted by Crippen LogP contribution is -2.30. The molecular weight excluding hydrogens is 781 g/mol. The maximum atomic E-state index is 12.7. The van der Waals surface area contributed by atoms with Gasteiger partial charge in [0.05, 0.1) is 12.8 Å². The van der Waals surface area contributed by atoms with Crippen LogP contribution in [0.1, 0.15) is 188 Å². The third-order valence-electron chi connectivity index (χ3n) is 9.69. The van der Waals surface area contributed by atoms with Crippen molar-refractivity contribution in [3.05, 3.63) is 134 Å². The van der Waals surface area contributed by atoms with Gasteiger partial charge in [0.15, 0.2) is 6.10 Å². The Morgan fingerprint density at radius 3 is 1.10 bits per heavy atom. The Hall–Kier alpha value is -4.45. The van der Waals surface area contributed by atoms with Gasteiger partial charge in [-0.15, -0.1) is 0 Å². The Balaban J connectivity index is 4.67. The predicted octanol–water partition coefficient (Wildman–Crippen LogP) is 16.3. The van der Waals surface area contributed by atoms with E-state index in [1.165, 1.54) is 51.4 Å². The molecule has 0 radical (unpaired) electrons. The molecule has 0 saturated carbocycles. The number of esters is 3. The molecule has 352 valence electrons. The molecule has 0 bridgehead atoms. The second-order valence-electron chi connectivity index (χ2n) is 15.6. The molecule has 0 heterocycles. The molecule has 0 aliphatic rings. The van der Waals surface area contributed by atoms with Crippen LogP contribution in [0.3, 0.4) is 0 Å². The lowest BCUT2D eigenvalue weighted by atomic mass is 10.1. The van der Waals surface area contributed by atoms with Crippen LogP contribution in [0.2, 0.25) is 0 Å². The molecule has 0 aromatic carbocycles. The fourth-order valence-electron chi connectivity index (χ4n) is 6.05. The molecule has 1 atom stereocenters. The first-order valence-corrected chi connectivity index (χ1v) is 24.7. The lowest BCUT2D eigenvalue weighted by Gasteiger charge is -2.17. The summed E-state index contributed by atoms with van der Waals surface area (Å²) in [4.78, 5) is 37.8. The summed E-state index contributed by atoms with van der Waals surface area (Å²) >= 11 is 0. The van der Waals surface area contributed by atoms with E-state index in [0.717, 1.165) is 83.5 Å². The van der Waals surface area contributed by atoms with Gasteiger partial charge in [-0.3, -0.25) is 14.4 Å². The highest BCUT2D eigenvalue weighted by molar-refractivity contribution is 5.72. The second-order valence-corrected chi connectivity index (χ2v) is 15.6. The largest absolute Gasteiger partial charge is 0.462 e. The van der Waals surface area contributed by atoms with E-state index >= 15 is 0 Å². The zero-order valence-corrected chi connectivity index (χ0v) is 40.0. The van der Waals surface area contributed by atoms with Crippen molar-refractivity contribution >= 4 is 17.9 Å². The summed E-state index contributed by atoms with van der Waals surface area (Å²) in [5.74, 6) is -1.24. The maximum Gasteiger partial charge on any atom is 0.310 e. The van der Waals surface area contributed by atoms with Crippen LogP contribution in [-0.4, -0.2) is 37.2 Å². The molecule has 0 aliphatic heterocycles. The highest BCUT2D eigenvalue weighted by Gasteiger charge is 2.19. The van der Waals surface area contributed by atoms with Crippen molar-refractivity contribution in [1.82, 2.24) is 0 Å². The van der Waals surface area contributed by atoms with Crippen molar-refractivity contribution in [3.63, 3.8) is 0 Å². The highest BCUT2D eigenvalue weighted by atomic mass is 16.6. The van der Waals surface area contributed by atoms with Crippen molar-refractivity contribution < 1.29 is 28.6 Å². The monoisotopic (exact) mass is 869 g/mol. The van der Waals surface area contributed by atoms with Crippen molar-refractivity contribution in [2.24, 2.45) is 0 Å². The number of carbonyl (C=O) groups is 3. The van der Waals surface area contributed by atoms with Crippen molar-refractivity contribution in [3.8, 4) is 0 Å². The van der Waals surface area contributed by atoms with Crippen molar-refractivity contribution in [1.29, 1.82) is 0 Å². The summed E-state index contributed by atoms with van der Waals surface area (Å²) in [6.45, 7) is 6.19. The zero-order chi connectivity index (χ0) is 45.8. The molecule has 6 nitrogen and oxygen atoms in total. The molecule has 0 amide bonds. The number of allylic oxidation sites excluding steroid dienone is 20. The Morgan fingerprint density at radius 1 is 0.349 bits per heavy atom. The summed E-state index contributed by atoms with van der Waals surface area (Å²) < 4.78 is 16.5. The molecule has 0 aliphatic carbocycles. The predicted molar refractivity (Wildman–Crippen MR) is 269 cm³/mol. The minimum atomic E-state index is -0.879. The number of hydrogen-bond donors (Lipinski definition) is 0. The Labute approximate surface area is 385 Å². The van der Waals surface area contributed by atoms with Gasteiger partial charge < -0.3 is 14.2 Å². The molecule has 0 fully saturated rings. The molecule has 1 unspecified atom stereocenters. The van der Waals surface area contributed by atoms with E-state index in [4.69, 9.17) is 14.2 Å².